The summed E-state index contributed by atoms with van der Waals surface area (Å²) in [5, 5.41) is 7.61. The Morgan fingerprint density at radius 2 is 1.96 bits per heavy atom. The van der Waals surface area contributed by atoms with Gasteiger partial charge in [-0.1, -0.05) is 35.9 Å². The highest BCUT2D eigenvalue weighted by molar-refractivity contribution is 6.31. The molecule has 0 saturated heterocycles. The number of hydrazone groups is 1. The summed E-state index contributed by atoms with van der Waals surface area (Å²) >= 11 is 6.04. The molecule has 1 aromatic rings. The van der Waals surface area contributed by atoms with Gasteiger partial charge in [-0.15, -0.1) is 0 Å². The van der Waals surface area contributed by atoms with Crippen molar-refractivity contribution >= 4 is 34.8 Å². The predicted octanol–water partition coefficient (Wildman–Crippen LogP) is 4.77. The summed E-state index contributed by atoms with van der Waals surface area (Å²) in [7, 11) is 0. The van der Waals surface area contributed by atoms with Gasteiger partial charge in [0.15, 0.2) is 0 Å². The molecule has 1 aromatic carbocycles. The van der Waals surface area contributed by atoms with Crippen molar-refractivity contribution in [2.24, 2.45) is 11.0 Å². The molecular weight excluding hydrogens is 362 g/mol. The highest BCUT2D eigenvalue weighted by atomic mass is 35.5. The van der Waals surface area contributed by atoms with E-state index in [1.807, 2.05) is 20.8 Å². The van der Waals surface area contributed by atoms with Crippen LogP contribution in [-0.4, -0.2) is 17.5 Å². The molecule has 1 aliphatic rings. The Balaban J connectivity index is 1.84. The fourth-order valence-electron chi connectivity index (χ4n) is 2.79. The Bertz CT molecular complexity index is 812. The molecule has 0 aliphatic heterocycles. The first kappa shape index (κ1) is 20.9. The SMILES string of the molecule is C=C(C)C1CC=C(C)C(=NNC(=O)CCC(=O)Nc2cccc(Cl)c2C)C1. The third-order valence-electron chi connectivity index (χ3n) is 4.74. The van der Waals surface area contributed by atoms with Crippen LogP contribution in [0.5, 0.6) is 0 Å². The number of amides is 2. The zero-order valence-corrected chi connectivity index (χ0v) is 16.8. The van der Waals surface area contributed by atoms with Crippen LogP contribution in [0.3, 0.4) is 0 Å². The summed E-state index contributed by atoms with van der Waals surface area (Å²) in [6, 6.07) is 5.31. The zero-order valence-electron chi connectivity index (χ0n) is 16.1. The molecule has 2 amide bonds. The van der Waals surface area contributed by atoms with Crippen LogP contribution < -0.4 is 10.7 Å². The fourth-order valence-corrected chi connectivity index (χ4v) is 2.97. The predicted molar refractivity (Wildman–Crippen MR) is 111 cm³/mol. The Labute approximate surface area is 165 Å². The van der Waals surface area contributed by atoms with E-state index in [1.54, 1.807) is 18.2 Å². The second-order valence-corrected chi connectivity index (χ2v) is 7.33. The van der Waals surface area contributed by atoms with E-state index in [1.165, 1.54) is 0 Å². The van der Waals surface area contributed by atoms with Gasteiger partial charge in [-0.05, 0) is 62.8 Å². The topological polar surface area (TPSA) is 70.6 Å². The Morgan fingerprint density at radius 1 is 1.26 bits per heavy atom. The first-order valence-corrected chi connectivity index (χ1v) is 9.38. The highest BCUT2D eigenvalue weighted by Gasteiger charge is 2.19. The van der Waals surface area contributed by atoms with Crippen LogP contribution in [0, 0.1) is 12.8 Å². The van der Waals surface area contributed by atoms with Gasteiger partial charge < -0.3 is 5.32 Å². The third kappa shape index (κ3) is 6.07. The van der Waals surface area contributed by atoms with Gasteiger partial charge in [0.25, 0.3) is 0 Å². The molecule has 2 rings (SSSR count). The van der Waals surface area contributed by atoms with Crippen molar-refractivity contribution in [3.8, 4) is 0 Å². The van der Waals surface area contributed by atoms with E-state index in [0.29, 0.717) is 16.6 Å². The number of hydrogen-bond donors (Lipinski definition) is 2. The maximum absolute atomic E-state index is 12.1. The largest absolute Gasteiger partial charge is 0.326 e. The molecule has 6 heteroatoms. The van der Waals surface area contributed by atoms with Crippen LogP contribution in [0.4, 0.5) is 5.69 Å². The van der Waals surface area contributed by atoms with E-state index >= 15 is 0 Å². The number of nitrogens with one attached hydrogen (secondary N) is 2. The van der Waals surface area contributed by atoms with Crippen LogP contribution in [0.1, 0.15) is 45.1 Å². The van der Waals surface area contributed by atoms with Crippen molar-refractivity contribution in [3.63, 3.8) is 0 Å². The first-order chi connectivity index (χ1) is 12.8. The average Bonchev–Trinajstić information content (AvgIpc) is 2.63. The van der Waals surface area contributed by atoms with Crippen molar-refractivity contribution in [2.75, 3.05) is 5.32 Å². The van der Waals surface area contributed by atoms with E-state index < -0.39 is 0 Å². The van der Waals surface area contributed by atoms with Gasteiger partial charge in [0.05, 0.1) is 5.71 Å². The standard InChI is InChI=1S/C21H26ClN3O2/c1-13(2)16-9-8-14(3)19(12-16)24-25-21(27)11-10-20(26)23-18-7-5-6-17(22)15(18)4/h5-8,16H,1,9-12H2,2-4H3,(H,23,26)(H,25,27). The minimum atomic E-state index is -0.286. The molecule has 0 radical (unpaired) electrons. The van der Waals surface area contributed by atoms with Gasteiger partial charge >= 0.3 is 0 Å². The molecule has 1 atom stereocenters. The quantitative estimate of drug-likeness (QED) is 0.545. The molecule has 0 spiro atoms. The molecule has 2 N–H and O–H groups in total. The first-order valence-electron chi connectivity index (χ1n) is 9.00. The van der Waals surface area contributed by atoms with Gasteiger partial charge in [0.2, 0.25) is 11.8 Å². The smallest absolute Gasteiger partial charge is 0.240 e. The summed E-state index contributed by atoms with van der Waals surface area (Å²) in [5.41, 5.74) is 7.07. The number of benzene rings is 1. The summed E-state index contributed by atoms with van der Waals surface area (Å²) in [4.78, 5) is 24.1. The average molecular weight is 388 g/mol. The molecule has 0 aromatic heterocycles. The highest BCUT2D eigenvalue weighted by Crippen LogP contribution is 2.26. The van der Waals surface area contributed by atoms with Gasteiger partial charge in [-0.25, -0.2) is 5.43 Å². The van der Waals surface area contributed by atoms with Crippen molar-refractivity contribution in [1.82, 2.24) is 5.43 Å². The number of hydrogen-bond acceptors (Lipinski definition) is 3. The normalized spacial score (nSPS) is 18.0. The van der Waals surface area contributed by atoms with E-state index in [4.69, 9.17) is 11.6 Å². The number of nitrogens with zero attached hydrogens (tertiary/aromatic N) is 1. The number of carbonyl (C=O) groups excluding carboxylic acids is 2. The number of rotatable bonds is 6. The minimum absolute atomic E-state index is 0.0644. The fraction of sp³-hybridized carbons (Fsp3) is 0.381. The van der Waals surface area contributed by atoms with E-state index in [9.17, 15) is 9.59 Å². The maximum atomic E-state index is 12.1. The number of halogens is 1. The Morgan fingerprint density at radius 3 is 2.67 bits per heavy atom. The lowest BCUT2D eigenvalue weighted by atomic mass is 9.85. The van der Waals surface area contributed by atoms with Crippen LogP contribution in [0.2, 0.25) is 5.02 Å². The zero-order chi connectivity index (χ0) is 20.0. The maximum Gasteiger partial charge on any atom is 0.240 e. The van der Waals surface area contributed by atoms with Crippen molar-refractivity contribution in [2.45, 2.75) is 46.5 Å². The van der Waals surface area contributed by atoms with Gasteiger partial charge in [-0.3, -0.25) is 9.59 Å². The molecule has 1 aliphatic carbocycles. The number of allylic oxidation sites excluding steroid dienone is 3. The van der Waals surface area contributed by atoms with E-state index in [0.717, 1.165) is 35.3 Å². The van der Waals surface area contributed by atoms with Crippen LogP contribution in [-0.2, 0) is 9.59 Å². The van der Waals surface area contributed by atoms with Crippen molar-refractivity contribution in [1.29, 1.82) is 0 Å². The Hall–Kier alpha value is -2.40. The summed E-state index contributed by atoms with van der Waals surface area (Å²) in [6.07, 6.45) is 3.99. The summed E-state index contributed by atoms with van der Waals surface area (Å²) in [5.74, 6) is -0.166. The molecule has 0 saturated carbocycles. The second kappa shape index (κ2) is 9.51. The van der Waals surface area contributed by atoms with Gasteiger partial charge in [0, 0.05) is 23.6 Å². The minimum Gasteiger partial charge on any atom is -0.326 e. The lowest BCUT2D eigenvalue weighted by Gasteiger charge is -2.22. The van der Waals surface area contributed by atoms with Gasteiger partial charge in [0.1, 0.15) is 0 Å². The van der Waals surface area contributed by atoms with E-state index in [-0.39, 0.29) is 24.7 Å². The molecule has 1 unspecified atom stereocenters. The monoisotopic (exact) mass is 387 g/mol. The van der Waals surface area contributed by atoms with Crippen molar-refractivity contribution in [3.05, 3.63) is 52.6 Å². The molecular formula is C21H26ClN3O2. The molecule has 0 bridgehead atoms. The number of anilines is 1. The molecule has 27 heavy (non-hydrogen) atoms. The van der Waals surface area contributed by atoms with E-state index in [2.05, 4.69) is 28.5 Å². The third-order valence-corrected chi connectivity index (χ3v) is 5.15. The summed E-state index contributed by atoms with van der Waals surface area (Å²) < 4.78 is 0. The lowest BCUT2D eigenvalue weighted by Crippen LogP contribution is -2.24. The lowest BCUT2D eigenvalue weighted by molar-refractivity contribution is -0.124. The molecule has 144 valence electrons. The van der Waals surface area contributed by atoms with Crippen LogP contribution in [0.15, 0.2) is 47.1 Å². The number of carbonyl (C=O) groups is 2. The van der Waals surface area contributed by atoms with Crippen LogP contribution >= 0.6 is 11.6 Å². The second-order valence-electron chi connectivity index (χ2n) is 6.92. The molecule has 5 nitrogen and oxygen atoms in total. The Kier molecular flexibility index (Phi) is 7.36. The van der Waals surface area contributed by atoms with Crippen molar-refractivity contribution < 1.29 is 9.59 Å². The molecule has 0 heterocycles. The summed E-state index contributed by atoms with van der Waals surface area (Å²) in [6.45, 7) is 9.83. The van der Waals surface area contributed by atoms with Crippen LogP contribution in [0.25, 0.3) is 0 Å². The van der Waals surface area contributed by atoms with Gasteiger partial charge in [-0.2, -0.15) is 5.10 Å². The molecule has 0 fully saturated rings.